The molecule has 0 bridgehead atoms. The average molecular weight is 382 g/mol. The van der Waals surface area contributed by atoms with Gasteiger partial charge in [0.05, 0.1) is 17.3 Å². The lowest BCUT2D eigenvalue weighted by atomic mass is 10.1. The number of nitrogens with one attached hydrogen (secondary N) is 1. The fourth-order valence-electron chi connectivity index (χ4n) is 2.86. The van der Waals surface area contributed by atoms with E-state index in [2.05, 4.69) is 10.2 Å². The monoisotopic (exact) mass is 381 g/mol. The van der Waals surface area contributed by atoms with Gasteiger partial charge in [0, 0.05) is 33.2 Å². The first kappa shape index (κ1) is 18.5. The van der Waals surface area contributed by atoms with Crippen molar-refractivity contribution < 1.29 is 23.9 Å². The lowest BCUT2D eigenvalue weighted by Gasteiger charge is -2.36. The predicted molar refractivity (Wildman–Crippen MR) is 94.0 cm³/mol. The quantitative estimate of drug-likeness (QED) is 0.440. The molecule has 1 aromatic carbocycles. The number of hydrogen-bond donors (Lipinski definition) is 1. The van der Waals surface area contributed by atoms with Gasteiger partial charge in [0.1, 0.15) is 0 Å². The van der Waals surface area contributed by atoms with E-state index in [1.165, 1.54) is 7.05 Å². The van der Waals surface area contributed by atoms with Crippen molar-refractivity contribution in [1.29, 1.82) is 0 Å². The van der Waals surface area contributed by atoms with Crippen LogP contribution in [0.1, 0.15) is 0 Å². The number of nitrogens with zero attached hydrogens (tertiary/aromatic N) is 2. The summed E-state index contributed by atoms with van der Waals surface area (Å²) < 4.78 is 9.92. The second-order valence-electron chi connectivity index (χ2n) is 6.09. The number of hydrogen-bond acceptors (Lipinski definition) is 6. The van der Waals surface area contributed by atoms with Gasteiger partial charge in [0.2, 0.25) is 0 Å². The van der Waals surface area contributed by atoms with Gasteiger partial charge >= 0.3 is 5.97 Å². The SMILES string of the molecule is CNC(=O)C1(C(=O)OCC(=O)N2CCN(c3ccccc3Cl)CC2)CO1. The van der Waals surface area contributed by atoms with Crippen molar-refractivity contribution in [2.24, 2.45) is 0 Å². The van der Waals surface area contributed by atoms with Crippen molar-refractivity contribution in [3.05, 3.63) is 29.3 Å². The van der Waals surface area contributed by atoms with Crippen molar-refractivity contribution in [2.75, 3.05) is 51.3 Å². The molecule has 8 nitrogen and oxygen atoms in total. The number of anilines is 1. The van der Waals surface area contributed by atoms with E-state index in [9.17, 15) is 14.4 Å². The van der Waals surface area contributed by atoms with Gasteiger partial charge < -0.3 is 24.6 Å². The van der Waals surface area contributed by atoms with Crippen LogP contribution in [0.3, 0.4) is 0 Å². The molecule has 2 heterocycles. The largest absolute Gasteiger partial charge is 0.453 e. The summed E-state index contributed by atoms with van der Waals surface area (Å²) in [5.41, 5.74) is -0.649. The number of ether oxygens (including phenoxy) is 2. The number of amides is 2. The van der Waals surface area contributed by atoms with Gasteiger partial charge in [0.15, 0.2) is 6.61 Å². The molecular weight excluding hydrogens is 362 g/mol. The number of halogens is 1. The molecule has 1 unspecified atom stereocenters. The van der Waals surface area contributed by atoms with Crippen LogP contribution in [0.2, 0.25) is 5.02 Å². The normalized spacial score (nSPS) is 21.9. The minimum atomic E-state index is -1.59. The zero-order chi connectivity index (χ0) is 18.7. The maximum absolute atomic E-state index is 12.3. The molecule has 26 heavy (non-hydrogen) atoms. The number of carbonyl (C=O) groups excluding carboxylic acids is 3. The van der Waals surface area contributed by atoms with Gasteiger partial charge in [-0.05, 0) is 12.1 Å². The Morgan fingerprint density at radius 1 is 1.23 bits per heavy atom. The van der Waals surface area contributed by atoms with Crippen LogP contribution in [-0.4, -0.2) is 74.7 Å². The van der Waals surface area contributed by atoms with Crippen molar-refractivity contribution in [2.45, 2.75) is 5.60 Å². The first-order chi connectivity index (χ1) is 12.5. The van der Waals surface area contributed by atoms with Crippen molar-refractivity contribution >= 4 is 35.1 Å². The maximum Gasteiger partial charge on any atom is 0.351 e. The van der Waals surface area contributed by atoms with Gasteiger partial charge in [-0.15, -0.1) is 0 Å². The Kier molecular flexibility index (Phi) is 5.33. The number of rotatable bonds is 5. The summed E-state index contributed by atoms with van der Waals surface area (Å²) in [7, 11) is 1.41. The van der Waals surface area contributed by atoms with Crippen LogP contribution in [-0.2, 0) is 23.9 Å². The standard InChI is InChI=1S/C17H20ClN3O5/c1-19-15(23)17(11-26-17)16(24)25-10-14(22)21-8-6-20(7-9-21)13-5-3-2-4-12(13)18/h2-5H,6-11H2,1H3,(H,19,23). The molecule has 3 rings (SSSR count). The Hall–Kier alpha value is -2.32. The van der Waals surface area contributed by atoms with Crippen LogP contribution in [0.25, 0.3) is 0 Å². The van der Waals surface area contributed by atoms with Gasteiger partial charge in [-0.25, -0.2) is 4.79 Å². The molecule has 1 atom stereocenters. The Morgan fingerprint density at radius 2 is 1.88 bits per heavy atom. The summed E-state index contributed by atoms with van der Waals surface area (Å²) in [6.45, 7) is 1.82. The smallest absolute Gasteiger partial charge is 0.351 e. The molecule has 0 aromatic heterocycles. The van der Waals surface area contributed by atoms with E-state index in [0.717, 1.165) is 5.69 Å². The summed E-state index contributed by atoms with van der Waals surface area (Å²) in [5.74, 6) is -1.70. The molecule has 2 amide bonds. The first-order valence-corrected chi connectivity index (χ1v) is 8.66. The molecule has 2 aliphatic heterocycles. The average Bonchev–Trinajstić information content (AvgIpc) is 3.48. The number of para-hydroxylation sites is 1. The fourth-order valence-corrected chi connectivity index (χ4v) is 3.11. The highest BCUT2D eigenvalue weighted by molar-refractivity contribution is 6.33. The van der Waals surface area contributed by atoms with Crippen molar-refractivity contribution in [3.63, 3.8) is 0 Å². The van der Waals surface area contributed by atoms with E-state index >= 15 is 0 Å². The molecule has 0 saturated carbocycles. The molecule has 140 valence electrons. The number of likely N-dealkylation sites (N-methyl/N-ethyl adjacent to an activating group) is 1. The molecule has 1 aromatic rings. The highest BCUT2D eigenvalue weighted by Crippen LogP contribution is 2.29. The van der Waals surface area contributed by atoms with E-state index in [1.54, 1.807) is 4.90 Å². The summed E-state index contributed by atoms with van der Waals surface area (Å²) in [6, 6.07) is 7.56. The Labute approximate surface area is 156 Å². The van der Waals surface area contributed by atoms with Crippen LogP contribution in [0, 0.1) is 0 Å². The maximum atomic E-state index is 12.3. The van der Waals surface area contributed by atoms with Crippen molar-refractivity contribution in [1.82, 2.24) is 10.2 Å². The van der Waals surface area contributed by atoms with E-state index in [4.69, 9.17) is 21.1 Å². The molecule has 1 N–H and O–H groups in total. The molecule has 2 aliphatic rings. The molecule has 0 aliphatic carbocycles. The summed E-state index contributed by atoms with van der Waals surface area (Å²) in [5, 5.41) is 3.02. The first-order valence-electron chi connectivity index (χ1n) is 8.28. The molecule has 2 saturated heterocycles. The lowest BCUT2D eigenvalue weighted by Crippen LogP contribution is -2.50. The van der Waals surface area contributed by atoms with Crippen molar-refractivity contribution in [3.8, 4) is 0 Å². The third-order valence-corrected chi connectivity index (χ3v) is 4.83. The highest BCUT2D eigenvalue weighted by Gasteiger charge is 2.60. The van der Waals surface area contributed by atoms with Crippen LogP contribution < -0.4 is 10.2 Å². The number of benzene rings is 1. The van der Waals surface area contributed by atoms with Gasteiger partial charge in [-0.2, -0.15) is 0 Å². The number of piperazine rings is 1. The van der Waals surface area contributed by atoms with Crippen LogP contribution in [0.5, 0.6) is 0 Å². The minimum absolute atomic E-state index is 0.0315. The number of esters is 1. The molecule has 9 heteroatoms. The van der Waals surface area contributed by atoms with E-state index < -0.39 is 24.1 Å². The molecule has 0 radical (unpaired) electrons. The zero-order valence-electron chi connectivity index (χ0n) is 14.4. The topological polar surface area (TPSA) is 91.5 Å². The Morgan fingerprint density at radius 3 is 2.46 bits per heavy atom. The number of epoxide rings is 1. The van der Waals surface area contributed by atoms with Crippen LogP contribution in [0.15, 0.2) is 24.3 Å². The van der Waals surface area contributed by atoms with Gasteiger partial charge in [-0.3, -0.25) is 9.59 Å². The van der Waals surface area contributed by atoms with E-state index in [-0.39, 0.29) is 12.5 Å². The second-order valence-corrected chi connectivity index (χ2v) is 6.50. The third kappa shape index (κ3) is 3.61. The number of carbonyl (C=O) groups is 3. The minimum Gasteiger partial charge on any atom is -0.453 e. The Balaban J connectivity index is 1.48. The van der Waals surface area contributed by atoms with Crippen LogP contribution >= 0.6 is 11.6 Å². The highest BCUT2D eigenvalue weighted by atomic mass is 35.5. The lowest BCUT2D eigenvalue weighted by molar-refractivity contribution is -0.159. The van der Waals surface area contributed by atoms with Crippen LogP contribution in [0.4, 0.5) is 5.69 Å². The fraction of sp³-hybridized carbons (Fsp3) is 0.471. The predicted octanol–water partition coefficient (Wildman–Crippen LogP) is 0.0468. The third-order valence-electron chi connectivity index (χ3n) is 4.51. The van der Waals surface area contributed by atoms with E-state index in [0.29, 0.717) is 31.2 Å². The molecule has 2 fully saturated rings. The molecular formula is C17H20ClN3O5. The summed E-state index contributed by atoms with van der Waals surface area (Å²) in [6.07, 6.45) is 0. The summed E-state index contributed by atoms with van der Waals surface area (Å²) >= 11 is 6.20. The Bertz CT molecular complexity index is 714. The van der Waals surface area contributed by atoms with Gasteiger partial charge in [0.25, 0.3) is 17.4 Å². The van der Waals surface area contributed by atoms with E-state index in [1.807, 2.05) is 24.3 Å². The van der Waals surface area contributed by atoms with Gasteiger partial charge in [-0.1, -0.05) is 23.7 Å². The summed E-state index contributed by atoms with van der Waals surface area (Å²) in [4.78, 5) is 39.6. The zero-order valence-corrected chi connectivity index (χ0v) is 15.1. The second kappa shape index (κ2) is 7.51. The molecule has 0 spiro atoms.